The predicted octanol–water partition coefficient (Wildman–Crippen LogP) is 3.76. The zero-order valence-corrected chi connectivity index (χ0v) is 14.4. The molecule has 0 aliphatic carbocycles. The van der Waals surface area contributed by atoms with Gasteiger partial charge in [-0.2, -0.15) is 0 Å². The number of fused-ring (bicyclic) bond motifs is 1. The summed E-state index contributed by atoms with van der Waals surface area (Å²) < 4.78 is 6.06. The molecule has 21 heavy (non-hydrogen) atoms. The van der Waals surface area contributed by atoms with E-state index in [-0.39, 0.29) is 17.3 Å². The molecule has 1 heterocycles. The van der Waals surface area contributed by atoms with Gasteiger partial charge in [0.1, 0.15) is 11.6 Å². The van der Waals surface area contributed by atoms with Crippen LogP contribution in [0.2, 0.25) is 0 Å². The van der Waals surface area contributed by atoms with E-state index >= 15 is 0 Å². The van der Waals surface area contributed by atoms with E-state index in [1.807, 2.05) is 34.6 Å². The SMILES string of the molecule is CC(C)Oc1cc2c(N)nc(C(C)(C)C)nc2c(Br)c1O. The van der Waals surface area contributed by atoms with Crippen LogP contribution in [-0.2, 0) is 5.41 Å². The molecule has 0 saturated carbocycles. The van der Waals surface area contributed by atoms with E-state index in [1.165, 1.54) is 0 Å². The fourth-order valence-corrected chi connectivity index (χ4v) is 2.39. The van der Waals surface area contributed by atoms with Crippen molar-refractivity contribution in [2.45, 2.75) is 46.1 Å². The van der Waals surface area contributed by atoms with Gasteiger partial charge in [0.2, 0.25) is 0 Å². The molecule has 2 rings (SSSR count). The molecule has 0 saturated heterocycles. The number of aromatic nitrogens is 2. The van der Waals surface area contributed by atoms with E-state index in [4.69, 9.17) is 10.5 Å². The van der Waals surface area contributed by atoms with Gasteiger partial charge in [0.25, 0.3) is 0 Å². The van der Waals surface area contributed by atoms with Crippen molar-refractivity contribution in [2.75, 3.05) is 5.73 Å². The highest BCUT2D eigenvalue weighted by Crippen LogP contribution is 2.41. The maximum absolute atomic E-state index is 10.3. The molecule has 1 aromatic heterocycles. The van der Waals surface area contributed by atoms with E-state index < -0.39 is 0 Å². The molecule has 114 valence electrons. The normalized spacial score (nSPS) is 12.1. The molecule has 3 N–H and O–H groups in total. The molecule has 6 heteroatoms. The predicted molar refractivity (Wildman–Crippen MR) is 87.8 cm³/mol. The monoisotopic (exact) mass is 353 g/mol. The molecule has 0 aliphatic rings. The van der Waals surface area contributed by atoms with E-state index in [9.17, 15) is 5.11 Å². The Morgan fingerprint density at radius 3 is 2.43 bits per heavy atom. The number of nitrogen functional groups attached to an aromatic ring is 1. The van der Waals surface area contributed by atoms with Crippen LogP contribution in [0.1, 0.15) is 40.4 Å². The van der Waals surface area contributed by atoms with Crippen LogP contribution >= 0.6 is 15.9 Å². The Kier molecular flexibility index (Phi) is 4.02. The van der Waals surface area contributed by atoms with Gasteiger partial charge in [-0.1, -0.05) is 20.8 Å². The number of benzene rings is 1. The second kappa shape index (κ2) is 5.33. The Morgan fingerprint density at radius 2 is 1.90 bits per heavy atom. The number of rotatable bonds is 2. The lowest BCUT2D eigenvalue weighted by atomic mass is 9.95. The van der Waals surface area contributed by atoms with Gasteiger partial charge in [-0.15, -0.1) is 0 Å². The van der Waals surface area contributed by atoms with Gasteiger partial charge < -0.3 is 15.6 Å². The van der Waals surface area contributed by atoms with Crippen molar-refractivity contribution >= 4 is 32.7 Å². The molecule has 0 radical (unpaired) electrons. The Morgan fingerprint density at radius 1 is 1.29 bits per heavy atom. The smallest absolute Gasteiger partial charge is 0.174 e. The molecule has 1 aromatic carbocycles. The summed E-state index contributed by atoms with van der Waals surface area (Å²) in [4.78, 5) is 8.91. The van der Waals surface area contributed by atoms with Crippen LogP contribution in [0.15, 0.2) is 10.5 Å². The number of phenols is 1. The molecular formula is C15H20BrN3O2. The number of aromatic hydroxyl groups is 1. The third-order valence-corrected chi connectivity index (χ3v) is 3.68. The maximum atomic E-state index is 10.3. The van der Waals surface area contributed by atoms with Gasteiger partial charge in [0, 0.05) is 10.8 Å². The molecule has 0 fully saturated rings. The molecule has 0 aliphatic heterocycles. The molecule has 2 aromatic rings. The zero-order chi connectivity index (χ0) is 15.9. The fourth-order valence-electron chi connectivity index (χ4n) is 1.90. The first-order valence-electron chi connectivity index (χ1n) is 6.77. The third kappa shape index (κ3) is 3.05. The first kappa shape index (κ1) is 15.8. The first-order valence-corrected chi connectivity index (χ1v) is 7.56. The van der Waals surface area contributed by atoms with Crippen molar-refractivity contribution < 1.29 is 9.84 Å². The number of phenolic OH excluding ortho intramolecular Hbond substituents is 1. The second-order valence-corrected chi connectivity index (χ2v) is 7.08. The van der Waals surface area contributed by atoms with E-state index in [1.54, 1.807) is 6.07 Å². The van der Waals surface area contributed by atoms with Gasteiger partial charge in [0.15, 0.2) is 11.5 Å². The largest absolute Gasteiger partial charge is 0.503 e. The topological polar surface area (TPSA) is 81.3 Å². The molecule has 0 amide bonds. The summed E-state index contributed by atoms with van der Waals surface area (Å²) >= 11 is 3.38. The lowest BCUT2D eigenvalue weighted by molar-refractivity contribution is 0.232. The molecule has 0 unspecified atom stereocenters. The fraction of sp³-hybridized carbons (Fsp3) is 0.467. The summed E-state index contributed by atoms with van der Waals surface area (Å²) in [5.74, 6) is 1.39. The Balaban J connectivity index is 2.75. The van der Waals surface area contributed by atoms with E-state index in [0.717, 1.165) is 0 Å². The van der Waals surface area contributed by atoms with Gasteiger partial charge >= 0.3 is 0 Å². The quantitative estimate of drug-likeness (QED) is 0.858. The highest BCUT2D eigenvalue weighted by molar-refractivity contribution is 9.10. The Bertz CT molecular complexity index is 694. The molecular weight excluding hydrogens is 334 g/mol. The lowest BCUT2D eigenvalue weighted by Crippen LogP contribution is -2.17. The van der Waals surface area contributed by atoms with Crippen molar-refractivity contribution in [3.05, 3.63) is 16.4 Å². The van der Waals surface area contributed by atoms with Crippen molar-refractivity contribution in [2.24, 2.45) is 0 Å². The Hall–Kier alpha value is -1.56. The van der Waals surface area contributed by atoms with Crippen LogP contribution in [0.5, 0.6) is 11.5 Å². The lowest BCUT2D eigenvalue weighted by Gasteiger charge is -2.19. The number of hydrogen-bond donors (Lipinski definition) is 2. The average Bonchev–Trinajstić information content (AvgIpc) is 2.34. The third-order valence-electron chi connectivity index (χ3n) is 2.93. The van der Waals surface area contributed by atoms with Crippen molar-refractivity contribution in [3.8, 4) is 11.5 Å². The van der Waals surface area contributed by atoms with Crippen LogP contribution in [0.4, 0.5) is 5.82 Å². The number of nitrogens with two attached hydrogens (primary N) is 1. The number of halogens is 1. The number of nitrogens with zero attached hydrogens (tertiary/aromatic N) is 2. The van der Waals surface area contributed by atoms with Crippen LogP contribution in [0, 0.1) is 0 Å². The van der Waals surface area contributed by atoms with Gasteiger partial charge in [-0.25, -0.2) is 9.97 Å². The zero-order valence-electron chi connectivity index (χ0n) is 12.9. The van der Waals surface area contributed by atoms with Crippen LogP contribution in [-0.4, -0.2) is 21.2 Å². The summed E-state index contributed by atoms with van der Waals surface area (Å²) in [5, 5.41) is 10.9. The summed E-state index contributed by atoms with van der Waals surface area (Å²) in [5.41, 5.74) is 6.42. The van der Waals surface area contributed by atoms with E-state index in [2.05, 4.69) is 25.9 Å². The number of hydrogen-bond acceptors (Lipinski definition) is 5. The molecule has 5 nitrogen and oxygen atoms in total. The summed E-state index contributed by atoms with van der Waals surface area (Å²) in [6.07, 6.45) is -0.0590. The minimum atomic E-state index is -0.232. The average molecular weight is 354 g/mol. The van der Waals surface area contributed by atoms with Crippen molar-refractivity contribution in [3.63, 3.8) is 0 Å². The van der Waals surface area contributed by atoms with Gasteiger partial charge in [-0.3, -0.25) is 0 Å². The number of ether oxygens (including phenoxy) is 1. The van der Waals surface area contributed by atoms with Crippen molar-refractivity contribution in [1.29, 1.82) is 0 Å². The van der Waals surface area contributed by atoms with E-state index in [0.29, 0.717) is 32.8 Å². The standard InChI is InChI=1S/C15H20BrN3O2/c1-7(2)21-9-6-8-11(10(16)12(9)20)18-14(15(3,4)5)19-13(8)17/h6-7,20H,1-5H3,(H2,17,18,19). The molecule has 0 atom stereocenters. The minimum absolute atomic E-state index is 0.0224. The van der Waals surface area contributed by atoms with Crippen LogP contribution in [0.3, 0.4) is 0 Å². The summed E-state index contributed by atoms with van der Waals surface area (Å²) in [6.45, 7) is 9.81. The Labute approximate surface area is 132 Å². The van der Waals surface area contributed by atoms with Crippen LogP contribution < -0.4 is 10.5 Å². The highest BCUT2D eigenvalue weighted by atomic mass is 79.9. The van der Waals surface area contributed by atoms with Crippen LogP contribution in [0.25, 0.3) is 10.9 Å². The first-order chi connectivity index (χ1) is 9.61. The molecule has 0 spiro atoms. The van der Waals surface area contributed by atoms with Crippen molar-refractivity contribution in [1.82, 2.24) is 9.97 Å². The second-order valence-electron chi connectivity index (χ2n) is 6.28. The maximum Gasteiger partial charge on any atom is 0.174 e. The summed E-state index contributed by atoms with van der Waals surface area (Å²) in [6, 6.07) is 1.68. The van der Waals surface area contributed by atoms with Gasteiger partial charge in [0.05, 0.1) is 16.1 Å². The van der Waals surface area contributed by atoms with Gasteiger partial charge in [-0.05, 0) is 35.8 Å². The number of anilines is 1. The highest BCUT2D eigenvalue weighted by Gasteiger charge is 2.22. The minimum Gasteiger partial charge on any atom is -0.503 e. The molecule has 0 bridgehead atoms. The summed E-state index contributed by atoms with van der Waals surface area (Å²) in [7, 11) is 0.